The molecule has 0 bridgehead atoms. The molecular formula is C14H22N2O3S. The van der Waals surface area contributed by atoms with E-state index in [1.54, 1.807) is 19.2 Å². The normalized spacial score (nSPS) is 23.1. The molecule has 1 aromatic rings. The Morgan fingerprint density at radius 3 is 2.75 bits per heavy atom. The molecule has 2 atom stereocenters. The van der Waals surface area contributed by atoms with Gasteiger partial charge in [0.15, 0.2) is 0 Å². The number of hydrogen-bond acceptors (Lipinski definition) is 4. The second kappa shape index (κ2) is 6.67. The molecular weight excluding hydrogens is 276 g/mol. The summed E-state index contributed by atoms with van der Waals surface area (Å²) in [6, 6.07) is 7.06. The van der Waals surface area contributed by atoms with E-state index in [4.69, 9.17) is 4.74 Å². The van der Waals surface area contributed by atoms with Crippen molar-refractivity contribution in [1.29, 1.82) is 0 Å². The van der Waals surface area contributed by atoms with Crippen LogP contribution < -0.4 is 10.0 Å². The Bertz CT molecular complexity index is 545. The van der Waals surface area contributed by atoms with Gasteiger partial charge in [0, 0.05) is 25.6 Å². The molecule has 5 nitrogen and oxygen atoms in total. The molecule has 1 aliphatic rings. The molecule has 1 aromatic carbocycles. The maximum Gasteiger partial charge on any atom is 0.240 e. The Morgan fingerprint density at radius 1 is 1.35 bits per heavy atom. The Hall–Kier alpha value is -0.950. The fraction of sp³-hybridized carbons (Fsp3) is 0.571. The summed E-state index contributed by atoms with van der Waals surface area (Å²) in [6.45, 7) is 3.65. The number of benzene rings is 1. The van der Waals surface area contributed by atoms with Gasteiger partial charge in [-0.3, -0.25) is 0 Å². The summed E-state index contributed by atoms with van der Waals surface area (Å²) in [5, 5.41) is 2.99. The molecule has 0 aliphatic carbocycles. The first-order valence-electron chi connectivity index (χ1n) is 6.88. The van der Waals surface area contributed by atoms with Gasteiger partial charge in [0.05, 0.1) is 11.0 Å². The lowest BCUT2D eigenvalue weighted by molar-refractivity contribution is 0.107. The lowest BCUT2D eigenvalue weighted by Crippen LogP contribution is -2.32. The molecule has 2 unspecified atom stereocenters. The van der Waals surface area contributed by atoms with Crippen LogP contribution >= 0.6 is 0 Å². The van der Waals surface area contributed by atoms with Crippen LogP contribution in [0.1, 0.15) is 18.9 Å². The van der Waals surface area contributed by atoms with E-state index in [1.807, 2.05) is 19.1 Å². The molecule has 1 heterocycles. The summed E-state index contributed by atoms with van der Waals surface area (Å²) < 4.78 is 33.0. The van der Waals surface area contributed by atoms with E-state index in [0.29, 0.717) is 24.6 Å². The number of nitrogens with one attached hydrogen (secondary N) is 2. The SMILES string of the molecule is CNCc1ccccc1S(=O)(=O)NCC1CCOC1C. The van der Waals surface area contributed by atoms with Gasteiger partial charge in [-0.2, -0.15) is 0 Å². The zero-order valence-corrected chi connectivity index (χ0v) is 12.7. The van der Waals surface area contributed by atoms with Crippen LogP contribution in [0.3, 0.4) is 0 Å². The van der Waals surface area contributed by atoms with E-state index >= 15 is 0 Å². The van der Waals surface area contributed by atoms with Crippen LogP contribution in [-0.4, -0.2) is 34.7 Å². The number of ether oxygens (including phenoxy) is 1. The van der Waals surface area contributed by atoms with Crippen molar-refractivity contribution in [2.24, 2.45) is 5.92 Å². The molecule has 1 saturated heterocycles. The molecule has 6 heteroatoms. The van der Waals surface area contributed by atoms with Crippen LogP contribution in [-0.2, 0) is 21.3 Å². The van der Waals surface area contributed by atoms with Gasteiger partial charge < -0.3 is 10.1 Å². The molecule has 112 valence electrons. The second-order valence-electron chi connectivity index (χ2n) is 5.11. The van der Waals surface area contributed by atoms with E-state index < -0.39 is 10.0 Å². The molecule has 20 heavy (non-hydrogen) atoms. The molecule has 1 fully saturated rings. The van der Waals surface area contributed by atoms with Gasteiger partial charge in [-0.25, -0.2) is 13.1 Å². The average molecular weight is 298 g/mol. The minimum Gasteiger partial charge on any atom is -0.378 e. The number of hydrogen-bond donors (Lipinski definition) is 2. The van der Waals surface area contributed by atoms with Gasteiger partial charge in [-0.05, 0) is 32.0 Å². The predicted octanol–water partition coefficient (Wildman–Crippen LogP) is 1.11. The van der Waals surface area contributed by atoms with Crippen molar-refractivity contribution in [3.05, 3.63) is 29.8 Å². The van der Waals surface area contributed by atoms with E-state index in [1.165, 1.54) is 0 Å². The lowest BCUT2D eigenvalue weighted by Gasteiger charge is -2.16. The molecule has 0 saturated carbocycles. The molecule has 0 aromatic heterocycles. The van der Waals surface area contributed by atoms with E-state index in [9.17, 15) is 8.42 Å². The third-order valence-corrected chi connectivity index (χ3v) is 5.22. The van der Waals surface area contributed by atoms with Crippen molar-refractivity contribution in [3.63, 3.8) is 0 Å². The highest BCUT2D eigenvalue weighted by Gasteiger charge is 2.26. The van der Waals surface area contributed by atoms with Gasteiger partial charge in [0.2, 0.25) is 10.0 Å². The quantitative estimate of drug-likeness (QED) is 0.825. The van der Waals surface area contributed by atoms with Crippen LogP contribution in [0.5, 0.6) is 0 Å². The van der Waals surface area contributed by atoms with Crippen LogP contribution in [0, 0.1) is 5.92 Å². The lowest BCUT2D eigenvalue weighted by atomic mass is 10.0. The maximum atomic E-state index is 12.4. The summed E-state index contributed by atoms with van der Waals surface area (Å²) in [7, 11) is -1.67. The van der Waals surface area contributed by atoms with Gasteiger partial charge in [-0.1, -0.05) is 18.2 Å². The summed E-state index contributed by atoms with van der Waals surface area (Å²) >= 11 is 0. The topological polar surface area (TPSA) is 67.4 Å². The number of sulfonamides is 1. The van der Waals surface area contributed by atoms with Crippen molar-refractivity contribution in [2.75, 3.05) is 20.2 Å². The molecule has 1 aliphatic heterocycles. The Labute approximate surface area is 120 Å². The van der Waals surface area contributed by atoms with Crippen LogP contribution in [0.15, 0.2) is 29.2 Å². The molecule has 2 rings (SSSR count). The smallest absolute Gasteiger partial charge is 0.240 e. The van der Waals surface area contributed by atoms with Gasteiger partial charge in [0.1, 0.15) is 0 Å². The van der Waals surface area contributed by atoms with E-state index in [2.05, 4.69) is 10.0 Å². The highest BCUT2D eigenvalue weighted by Crippen LogP contribution is 2.21. The van der Waals surface area contributed by atoms with Gasteiger partial charge in [0.25, 0.3) is 0 Å². The Morgan fingerprint density at radius 2 is 2.10 bits per heavy atom. The second-order valence-corrected chi connectivity index (χ2v) is 6.85. The number of rotatable bonds is 6. The van der Waals surface area contributed by atoms with Crippen molar-refractivity contribution < 1.29 is 13.2 Å². The zero-order chi connectivity index (χ0) is 14.6. The first-order valence-corrected chi connectivity index (χ1v) is 8.36. The summed E-state index contributed by atoms with van der Waals surface area (Å²) in [5.74, 6) is 0.251. The van der Waals surface area contributed by atoms with Crippen molar-refractivity contribution in [1.82, 2.24) is 10.0 Å². The third kappa shape index (κ3) is 3.58. The summed E-state index contributed by atoms with van der Waals surface area (Å²) in [6.07, 6.45) is 1.02. The highest BCUT2D eigenvalue weighted by molar-refractivity contribution is 7.89. The third-order valence-electron chi connectivity index (χ3n) is 3.70. The highest BCUT2D eigenvalue weighted by atomic mass is 32.2. The van der Waals surface area contributed by atoms with E-state index in [-0.39, 0.29) is 12.0 Å². The standard InChI is InChI=1S/C14H22N2O3S/c1-11-12(7-8-19-11)10-16-20(17,18)14-6-4-3-5-13(14)9-15-2/h3-6,11-12,15-16H,7-10H2,1-2H3. The molecule has 0 spiro atoms. The fourth-order valence-electron chi connectivity index (χ4n) is 2.44. The molecule has 2 N–H and O–H groups in total. The van der Waals surface area contributed by atoms with Crippen LogP contribution in [0.2, 0.25) is 0 Å². The zero-order valence-electron chi connectivity index (χ0n) is 11.9. The first-order chi connectivity index (χ1) is 9.54. The molecule has 0 amide bonds. The van der Waals surface area contributed by atoms with Crippen molar-refractivity contribution in [3.8, 4) is 0 Å². The fourth-order valence-corrected chi connectivity index (χ4v) is 3.77. The van der Waals surface area contributed by atoms with Crippen molar-refractivity contribution >= 4 is 10.0 Å². The Balaban J connectivity index is 2.10. The van der Waals surface area contributed by atoms with Gasteiger partial charge >= 0.3 is 0 Å². The van der Waals surface area contributed by atoms with Gasteiger partial charge in [-0.15, -0.1) is 0 Å². The van der Waals surface area contributed by atoms with Crippen molar-refractivity contribution in [2.45, 2.75) is 30.9 Å². The minimum absolute atomic E-state index is 0.116. The van der Waals surface area contributed by atoms with Crippen LogP contribution in [0.25, 0.3) is 0 Å². The Kier molecular flexibility index (Phi) is 5.15. The largest absolute Gasteiger partial charge is 0.378 e. The minimum atomic E-state index is -3.47. The van der Waals surface area contributed by atoms with Crippen LogP contribution in [0.4, 0.5) is 0 Å². The van der Waals surface area contributed by atoms with E-state index in [0.717, 1.165) is 12.0 Å². The molecule has 0 radical (unpaired) electrons. The summed E-state index contributed by atoms with van der Waals surface area (Å²) in [4.78, 5) is 0.348. The monoisotopic (exact) mass is 298 g/mol. The maximum absolute atomic E-state index is 12.4. The average Bonchev–Trinajstić information content (AvgIpc) is 2.83. The summed E-state index contributed by atoms with van der Waals surface area (Å²) in [5.41, 5.74) is 0.776. The predicted molar refractivity (Wildman–Crippen MR) is 77.9 cm³/mol. The first kappa shape index (κ1) is 15.4.